The van der Waals surface area contributed by atoms with E-state index in [1.807, 2.05) is 38.2 Å². The minimum Gasteiger partial charge on any atom is -0.508 e. The van der Waals surface area contributed by atoms with Gasteiger partial charge in [-0.25, -0.2) is 0 Å². The van der Waals surface area contributed by atoms with E-state index < -0.39 is 0 Å². The van der Waals surface area contributed by atoms with Crippen LogP contribution in [0.3, 0.4) is 0 Å². The third kappa shape index (κ3) is 3.23. The van der Waals surface area contributed by atoms with Crippen LogP contribution in [0.4, 0.5) is 5.69 Å². The highest BCUT2D eigenvalue weighted by Gasteiger charge is 2.09. The van der Waals surface area contributed by atoms with Crippen molar-refractivity contribution in [3.05, 3.63) is 53.9 Å². The van der Waals surface area contributed by atoms with Gasteiger partial charge in [0.05, 0.1) is 0 Å². The Bertz CT molecular complexity index is 540. The second kappa shape index (κ2) is 5.71. The summed E-state index contributed by atoms with van der Waals surface area (Å²) in [7, 11) is 1.99. The fourth-order valence-electron chi connectivity index (χ4n) is 2.01. The predicted octanol–water partition coefficient (Wildman–Crippen LogP) is 2.44. The highest BCUT2D eigenvalue weighted by molar-refractivity contribution is 5.53. The first-order valence-electron chi connectivity index (χ1n) is 6.26. The molecule has 3 N–H and O–H groups in total. The van der Waals surface area contributed by atoms with Crippen molar-refractivity contribution >= 4 is 5.69 Å². The molecule has 19 heavy (non-hydrogen) atoms. The number of benzene rings is 1. The van der Waals surface area contributed by atoms with Crippen molar-refractivity contribution in [1.82, 2.24) is 4.98 Å². The maximum Gasteiger partial charge on any atom is 0.122 e. The number of phenolic OH excluding ortho intramolecular Hbond substituents is 1. The minimum absolute atomic E-state index is 0.167. The standard InChI is InChI=1S/C15H19N3O/c1-11(16)14-4-3-13(9-15(14)19)18(2)10-12-5-7-17-8-6-12/h3-9,11,19H,10,16H2,1-2H3. The van der Waals surface area contributed by atoms with Gasteiger partial charge in [0.25, 0.3) is 0 Å². The molecule has 1 unspecified atom stereocenters. The lowest BCUT2D eigenvalue weighted by Gasteiger charge is -2.20. The molecular weight excluding hydrogens is 238 g/mol. The number of rotatable bonds is 4. The van der Waals surface area contributed by atoms with Crippen LogP contribution in [0.2, 0.25) is 0 Å². The van der Waals surface area contributed by atoms with Crippen molar-refractivity contribution < 1.29 is 5.11 Å². The Morgan fingerprint density at radius 1 is 1.26 bits per heavy atom. The Morgan fingerprint density at radius 2 is 1.95 bits per heavy atom. The smallest absolute Gasteiger partial charge is 0.122 e. The second-order valence-electron chi connectivity index (χ2n) is 4.74. The number of pyridine rings is 1. The molecule has 1 aromatic heterocycles. The number of aromatic nitrogens is 1. The van der Waals surface area contributed by atoms with E-state index in [4.69, 9.17) is 5.73 Å². The van der Waals surface area contributed by atoms with Gasteiger partial charge in [0.15, 0.2) is 0 Å². The summed E-state index contributed by atoms with van der Waals surface area (Å²) in [4.78, 5) is 6.07. The van der Waals surface area contributed by atoms with Crippen LogP contribution in [-0.2, 0) is 6.54 Å². The summed E-state index contributed by atoms with van der Waals surface area (Å²) < 4.78 is 0. The monoisotopic (exact) mass is 257 g/mol. The molecule has 4 heteroatoms. The lowest BCUT2D eigenvalue weighted by Crippen LogP contribution is -2.16. The van der Waals surface area contributed by atoms with E-state index in [-0.39, 0.29) is 11.8 Å². The number of nitrogens with zero attached hydrogens (tertiary/aromatic N) is 2. The largest absolute Gasteiger partial charge is 0.508 e. The SMILES string of the molecule is CC(N)c1ccc(N(C)Cc2ccncc2)cc1O. The molecular formula is C15H19N3O. The highest BCUT2D eigenvalue weighted by atomic mass is 16.3. The van der Waals surface area contributed by atoms with Crippen molar-refractivity contribution in [1.29, 1.82) is 0 Å². The summed E-state index contributed by atoms with van der Waals surface area (Å²) >= 11 is 0. The van der Waals surface area contributed by atoms with Gasteiger partial charge in [-0.15, -0.1) is 0 Å². The van der Waals surface area contributed by atoms with E-state index in [0.717, 1.165) is 17.8 Å². The average Bonchev–Trinajstić information content (AvgIpc) is 2.39. The Kier molecular flexibility index (Phi) is 4.02. The van der Waals surface area contributed by atoms with Crippen LogP contribution in [0.15, 0.2) is 42.7 Å². The summed E-state index contributed by atoms with van der Waals surface area (Å²) in [5.41, 5.74) is 8.68. The molecule has 100 valence electrons. The number of phenols is 1. The molecule has 1 heterocycles. The van der Waals surface area contributed by atoms with Crippen molar-refractivity contribution in [2.24, 2.45) is 5.73 Å². The van der Waals surface area contributed by atoms with E-state index in [1.165, 1.54) is 5.56 Å². The third-order valence-corrected chi connectivity index (χ3v) is 3.11. The van der Waals surface area contributed by atoms with Crippen molar-refractivity contribution in [3.8, 4) is 5.75 Å². The average molecular weight is 257 g/mol. The Labute approximate surface area is 113 Å². The zero-order chi connectivity index (χ0) is 13.8. The van der Waals surface area contributed by atoms with Gasteiger partial charge in [0.1, 0.15) is 5.75 Å². The Balaban J connectivity index is 2.16. The number of hydrogen-bond acceptors (Lipinski definition) is 4. The van der Waals surface area contributed by atoms with Gasteiger partial charge >= 0.3 is 0 Å². The van der Waals surface area contributed by atoms with E-state index in [9.17, 15) is 5.11 Å². The molecule has 2 rings (SSSR count). The summed E-state index contributed by atoms with van der Waals surface area (Å²) in [5, 5.41) is 9.96. The third-order valence-electron chi connectivity index (χ3n) is 3.11. The van der Waals surface area contributed by atoms with Gasteiger partial charge in [-0.2, -0.15) is 0 Å². The van der Waals surface area contributed by atoms with Crippen LogP contribution < -0.4 is 10.6 Å². The Hall–Kier alpha value is -2.07. The van der Waals surface area contributed by atoms with E-state index in [0.29, 0.717) is 0 Å². The molecule has 1 aromatic carbocycles. The summed E-state index contributed by atoms with van der Waals surface area (Å²) in [5.74, 6) is 0.245. The van der Waals surface area contributed by atoms with Crippen LogP contribution >= 0.6 is 0 Å². The first kappa shape index (κ1) is 13.4. The predicted molar refractivity (Wildman–Crippen MR) is 77.1 cm³/mol. The zero-order valence-electron chi connectivity index (χ0n) is 11.2. The molecule has 2 aromatic rings. The summed E-state index contributed by atoms with van der Waals surface area (Å²) in [6.07, 6.45) is 3.56. The van der Waals surface area contributed by atoms with Crippen molar-refractivity contribution in [2.45, 2.75) is 19.5 Å². The van der Waals surface area contributed by atoms with Gasteiger partial charge in [0.2, 0.25) is 0 Å². The molecule has 0 radical (unpaired) electrons. The molecule has 0 spiro atoms. The van der Waals surface area contributed by atoms with Gasteiger partial charge in [-0.3, -0.25) is 4.98 Å². The molecule has 0 amide bonds. The number of nitrogens with two attached hydrogens (primary N) is 1. The van der Waals surface area contributed by atoms with Gasteiger partial charge in [-0.05, 0) is 30.7 Å². The fraction of sp³-hybridized carbons (Fsp3) is 0.267. The van der Waals surface area contributed by atoms with E-state index in [1.54, 1.807) is 18.5 Å². The lowest BCUT2D eigenvalue weighted by atomic mass is 10.1. The first-order chi connectivity index (χ1) is 9.08. The van der Waals surface area contributed by atoms with Gasteiger partial charge in [-0.1, -0.05) is 6.07 Å². The van der Waals surface area contributed by atoms with Crippen LogP contribution in [0, 0.1) is 0 Å². The van der Waals surface area contributed by atoms with Crippen molar-refractivity contribution in [2.75, 3.05) is 11.9 Å². The van der Waals surface area contributed by atoms with Crippen molar-refractivity contribution in [3.63, 3.8) is 0 Å². The lowest BCUT2D eigenvalue weighted by molar-refractivity contribution is 0.464. The highest BCUT2D eigenvalue weighted by Crippen LogP contribution is 2.28. The van der Waals surface area contributed by atoms with E-state index >= 15 is 0 Å². The van der Waals surface area contributed by atoms with Crippen LogP contribution in [-0.4, -0.2) is 17.1 Å². The summed E-state index contributed by atoms with van der Waals surface area (Å²) in [6.45, 7) is 2.62. The molecule has 1 atom stereocenters. The zero-order valence-corrected chi connectivity index (χ0v) is 11.2. The van der Waals surface area contributed by atoms with Crippen LogP contribution in [0.25, 0.3) is 0 Å². The minimum atomic E-state index is -0.167. The maximum atomic E-state index is 9.96. The van der Waals surface area contributed by atoms with Crippen LogP contribution in [0.1, 0.15) is 24.1 Å². The fourth-order valence-corrected chi connectivity index (χ4v) is 2.01. The quantitative estimate of drug-likeness (QED) is 0.883. The molecule has 0 saturated carbocycles. The van der Waals surface area contributed by atoms with Gasteiger partial charge in [0, 0.05) is 49.3 Å². The molecule has 4 nitrogen and oxygen atoms in total. The molecule has 0 fully saturated rings. The maximum absolute atomic E-state index is 9.96. The molecule has 0 saturated heterocycles. The molecule has 0 aliphatic rings. The second-order valence-corrected chi connectivity index (χ2v) is 4.74. The number of hydrogen-bond donors (Lipinski definition) is 2. The Morgan fingerprint density at radius 3 is 2.53 bits per heavy atom. The van der Waals surface area contributed by atoms with Crippen LogP contribution in [0.5, 0.6) is 5.75 Å². The summed E-state index contributed by atoms with van der Waals surface area (Å²) in [6, 6.07) is 9.39. The topological polar surface area (TPSA) is 62.4 Å². The molecule has 0 aliphatic carbocycles. The molecule has 0 bridgehead atoms. The first-order valence-corrected chi connectivity index (χ1v) is 6.26. The normalized spacial score (nSPS) is 12.2. The number of anilines is 1. The molecule has 0 aliphatic heterocycles. The number of aromatic hydroxyl groups is 1. The van der Waals surface area contributed by atoms with Gasteiger partial charge < -0.3 is 15.7 Å². The van der Waals surface area contributed by atoms with E-state index in [2.05, 4.69) is 9.88 Å².